The molecule has 0 saturated carbocycles. The van der Waals surface area contributed by atoms with Gasteiger partial charge in [-0.25, -0.2) is 23.1 Å². The molecular weight excluding hydrogens is 382 g/mol. The molecule has 5 N–H and O–H groups in total. The maximum absolute atomic E-state index is 12.0. The Hall–Kier alpha value is -2.53. The van der Waals surface area contributed by atoms with Gasteiger partial charge in [0, 0.05) is 19.7 Å². The number of nitrogens with one attached hydrogen (secondary N) is 3. The molecule has 0 saturated heterocycles. The largest absolute Gasteiger partial charge is 0.368 e. The number of rotatable bonds is 9. The van der Waals surface area contributed by atoms with Crippen molar-refractivity contribution in [1.29, 1.82) is 0 Å². The van der Waals surface area contributed by atoms with Crippen molar-refractivity contribution >= 4 is 38.7 Å². The first-order chi connectivity index (χ1) is 13.1. The van der Waals surface area contributed by atoms with Gasteiger partial charge in [-0.15, -0.1) is 0 Å². The third kappa shape index (κ3) is 5.26. The summed E-state index contributed by atoms with van der Waals surface area (Å²) in [5.41, 5.74) is 6.05. The van der Waals surface area contributed by atoms with Crippen LogP contribution in [0.2, 0.25) is 0 Å². The van der Waals surface area contributed by atoms with Crippen LogP contribution in [0.3, 0.4) is 0 Å². The fourth-order valence-electron chi connectivity index (χ4n) is 2.74. The lowest BCUT2D eigenvalue weighted by atomic mass is 9.94. The lowest BCUT2D eigenvalue weighted by Gasteiger charge is -2.32. The van der Waals surface area contributed by atoms with Gasteiger partial charge in [0.05, 0.1) is 11.1 Å². The number of hydrogen-bond acceptors (Lipinski definition) is 8. The number of anilines is 2. The molecule has 11 heteroatoms. The van der Waals surface area contributed by atoms with Gasteiger partial charge in [-0.3, -0.25) is 4.79 Å². The summed E-state index contributed by atoms with van der Waals surface area (Å²) < 4.78 is 26.3. The monoisotopic (exact) mass is 409 g/mol. The number of nitrogens with zero attached hydrogens (tertiary/aromatic N) is 3. The first kappa shape index (κ1) is 21.8. The Balaban J connectivity index is 2.47. The molecule has 154 valence electrons. The van der Waals surface area contributed by atoms with Gasteiger partial charge in [0.2, 0.25) is 21.9 Å². The molecule has 0 bridgehead atoms. The first-order valence-corrected chi connectivity index (χ1v) is 10.5. The molecule has 28 heavy (non-hydrogen) atoms. The molecule has 0 aliphatic carbocycles. The van der Waals surface area contributed by atoms with E-state index >= 15 is 0 Å². The van der Waals surface area contributed by atoms with Crippen LogP contribution in [0.5, 0.6) is 0 Å². The molecular formula is C17H27N7O3S. The molecule has 1 atom stereocenters. The highest BCUT2D eigenvalue weighted by molar-refractivity contribution is 7.89. The standard InChI is InChI=1S/C17H27N7O3S/c1-5-6-7-17(3,10-21-11(2)25)24-15-14-13(22-16(18)23-15)8-12(9-20-14)28(26,27)19-4/h8-9,19H,5-7,10H2,1-4H3,(H,21,25)(H3,18,22,23,24)/t17-/m1/s1. The number of pyridine rings is 1. The lowest BCUT2D eigenvalue weighted by molar-refractivity contribution is -0.119. The fraction of sp³-hybridized carbons (Fsp3) is 0.529. The quantitative estimate of drug-likeness (QED) is 0.479. The molecule has 2 aromatic rings. The molecule has 0 aromatic carbocycles. The van der Waals surface area contributed by atoms with E-state index in [1.807, 2.05) is 6.92 Å². The van der Waals surface area contributed by atoms with Crippen LogP contribution in [0, 0.1) is 0 Å². The van der Waals surface area contributed by atoms with Gasteiger partial charge in [-0.1, -0.05) is 19.8 Å². The van der Waals surface area contributed by atoms with Gasteiger partial charge in [0.1, 0.15) is 10.4 Å². The molecule has 0 fully saturated rings. The van der Waals surface area contributed by atoms with Gasteiger partial charge in [-0.05, 0) is 26.5 Å². The van der Waals surface area contributed by atoms with Crippen molar-refractivity contribution in [2.24, 2.45) is 0 Å². The van der Waals surface area contributed by atoms with Gasteiger partial charge in [0.15, 0.2) is 5.82 Å². The van der Waals surface area contributed by atoms with E-state index in [0.29, 0.717) is 23.4 Å². The fourth-order valence-corrected chi connectivity index (χ4v) is 3.43. The number of aromatic nitrogens is 3. The molecule has 0 spiro atoms. The van der Waals surface area contributed by atoms with Crippen LogP contribution in [0.4, 0.5) is 11.8 Å². The third-order valence-electron chi connectivity index (χ3n) is 4.34. The third-order valence-corrected chi connectivity index (χ3v) is 5.72. The number of carbonyl (C=O) groups is 1. The van der Waals surface area contributed by atoms with Crippen molar-refractivity contribution in [2.75, 3.05) is 24.6 Å². The van der Waals surface area contributed by atoms with E-state index < -0.39 is 15.6 Å². The summed E-state index contributed by atoms with van der Waals surface area (Å²) in [5, 5.41) is 6.16. The summed E-state index contributed by atoms with van der Waals surface area (Å²) in [4.78, 5) is 24.0. The van der Waals surface area contributed by atoms with E-state index in [2.05, 4.69) is 37.2 Å². The summed E-state index contributed by atoms with van der Waals surface area (Å²) in [5.74, 6) is 0.254. The van der Waals surface area contributed by atoms with E-state index in [4.69, 9.17) is 5.73 Å². The average Bonchev–Trinajstić information content (AvgIpc) is 2.64. The number of amides is 1. The Bertz CT molecular complexity index is 965. The van der Waals surface area contributed by atoms with E-state index in [1.165, 1.54) is 26.2 Å². The van der Waals surface area contributed by atoms with Crippen molar-refractivity contribution in [2.45, 2.75) is 50.5 Å². The maximum atomic E-state index is 12.0. The molecule has 10 nitrogen and oxygen atoms in total. The van der Waals surface area contributed by atoms with Crippen molar-refractivity contribution in [3.05, 3.63) is 12.3 Å². The van der Waals surface area contributed by atoms with Crippen LogP contribution in [-0.2, 0) is 14.8 Å². The van der Waals surface area contributed by atoms with Crippen LogP contribution in [-0.4, -0.2) is 48.4 Å². The smallest absolute Gasteiger partial charge is 0.241 e. The average molecular weight is 410 g/mol. The van der Waals surface area contributed by atoms with Crippen LogP contribution in [0.1, 0.15) is 40.0 Å². The second-order valence-electron chi connectivity index (χ2n) is 6.88. The summed E-state index contributed by atoms with van der Waals surface area (Å²) in [6, 6.07) is 1.40. The van der Waals surface area contributed by atoms with Crippen molar-refractivity contribution in [3.8, 4) is 0 Å². The van der Waals surface area contributed by atoms with Crippen molar-refractivity contribution < 1.29 is 13.2 Å². The van der Waals surface area contributed by atoms with Crippen LogP contribution < -0.4 is 21.1 Å². The number of fused-ring (bicyclic) bond motifs is 1. The van der Waals surface area contributed by atoms with Crippen molar-refractivity contribution in [1.82, 2.24) is 25.0 Å². The van der Waals surface area contributed by atoms with Crippen LogP contribution >= 0.6 is 0 Å². The minimum atomic E-state index is -3.66. The topological polar surface area (TPSA) is 152 Å². The van der Waals surface area contributed by atoms with Crippen molar-refractivity contribution in [3.63, 3.8) is 0 Å². The Labute approximate surface area is 164 Å². The number of sulfonamides is 1. The second-order valence-corrected chi connectivity index (χ2v) is 8.76. The highest BCUT2D eigenvalue weighted by Crippen LogP contribution is 2.26. The maximum Gasteiger partial charge on any atom is 0.241 e. The summed E-state index contributed by atoms with van der Waals surface area (Å²) in [7, 11) is -2.34. The zero-order valence-corrected chi connectivity index (χ0v) is 17.4. The number of unbranched alkanes of at least 4 members (excludes halogenated alkanes) is 1. The van der Waals surface area contributed by atoms with E-state index in [-0.39, 0.29) is 16.8 Å². The predicted octanol–water partition coefficient (Wildman–Crippen LogP) is 1.01. The Kier molecular flexibility index (Phi) is 6.73. The molecule has 0 aliphatic heterocycles. The minimum absolute atomic E-state index is 0.00632. The van der Waals surface area contributed by atoms with Gasteiger partial charge < -0.3 is 16.4 Å². The molecule has 0 aliphatic rings. The zero-order valence-electron chi connectivity index (χ0n) is 16.5. The van der Waals surface area contributed by atoms with Gasteiger partial charge in [-0.2, -0.15) is 4.98 Å². The summed E-state index contributed by atoms with van der Waals surface area (Å²) in [6.45, 7) is 5.91. The number of carbonyl (C=O) groups excluding carboxylic acids is 1. The highest BCUT2D eigenvalue weighted by atomic mass is 32.2. The molecule has 2 aromatic heterocycles. The van der Waals surface area contributed by atoms with Crippen LogP contribution in [0.15, 0.2) is 17.2 Å². The number of hydrogen-bond donors (Lipinski definition) is 4. The molecule has 1 amide bonds. The summed E-state index contributed by atoms with van der Waals surface area (Å²) in [6.07, 6.45) is 3.96. The SMILES string of the molecule is CCCC[C@](C)(CNC(C)=O)Nc1nc(N)nc2cc(S(=O)(=O)NC)cnc12. The molecule has 0 radical (unpaired) electrons. The molecule has 0 unspecified atom stereocenters. The zero-order chi connectivity index (χ0) is 20.9. The number of nitrogens with two attached hydrogens (primary N) is 1. The second kappa shape index (κ2) is 8.65. The Morgan fingerprint density at radius 2 is 2.04 bits per heavy atom. The molecule has 2 heterocycles. The van der Waals surface area contributed by atoms with E-state index in [1.54, 1.807) is 0 Å². The highest BCUT2D eigenvalue weighted by Gasteiger charge is 2.26. The normalized spacial score (nSPS) is 13.9. The first-order valence-electron chi connectivity index (χ1n) is 8.99. The van der Waals surface area contributed by atoms with Crippen LogP contribution in [0.25, 0.3) is 11.0 Å². The lowest BCUT2D eigenvalue weighted by Crippen LogP contribution is -2.46. The van der Waals surface area contributed by atoms with E-state index in [0.717, 1.165) is 19.3 Å². The van der Waals surface area contributed by atoms with Gasteiger partial charge >= 0.3 is 0 Å². The minimum Gasteiger partial charge on any atom is -0.368 e. The predicted molar refractivity (Wildman–Crippen MR) is 108 cm³/mol. The van der Waals surface area contributed by atoms with Gasteiger partial charge in [0.25, 0.3) is 0 Å². The number of nitrogen functional groups attached to an aromatic ring is 1. The summed E-state index contributed by atoms with van der Waals surface area (Å²) >= 11 is 0. The van der Waals surface area contributed by atoms with E-state index in [9.17, 15) is 13.2 Å². The molecule has 2 rings (SSSR count). The Morgan fingerprint density at radius 3 is 2.64 bits per heavy atom. The Morgan fingerprint density at radius 1 is 1.32 bits per heavy atom.